The minimum atomic E-state index is -3.65. The molecule has 1 fully saturated rings. The fourth-order valence-corrected chi connectivity index (χ4v) is 4.50. The lowest BCUT2D eigenvalue weighted by Gasteiger charge is -2.35. The van der Waals surface area contributed by atoms with Crippen molar-refractivity contribution >= 4 is 15.9 Å². The second-order valence-electron chi connectivity index (χ2n) is 7.25. The van der Waals surface area contributed by atoms with Crippen LogP contribution in [0, 0.1) is 25.7 Å². The Morgan fingerprint density at radius 2 is 1.75 bits per heavy atom. The van der Waals surface area contributed by atoms with Crippen LogP contribution in [0.25, 0.3) is 0 Å². The number of nitrogens with zero attached hydrogens (tertiary/aromatic N) is 2. The largest absolute Gasteiger partial charge is 0.341 e. The molecular formula is C18H28N2O3S. The Labute approximate surface area is 145 Å². The zero-order valence-electron chi connectivity index (χ0n) is 15.2. The third-order valence-electron chi connectivity index (χ3n) is 4.77. The highest BCUT2D eigenvalue weighted by molar-refractivity contribution is 7.89. The molecule has 1 aromatic rings. The highest BCUT2D eigenvalue weighted by Gasteiger charge is 2.29. The van der Waals surface area contributed by atoms with E-state index in [1.807, 2.05) is 13.8 Å². The van der Waals surface area contributed by atoms with Gasteiger partial charge in [0.15, 0.2) is 0 Å². The van der Waals surface area contributed by atoms with E-state index in [9.17, 15) is 13.2 Å². The van der Waals surface area contributed by atoms with Crippen LogP contribution in [-0.2, 0) is 14.8 Å². The van der Waals surface area contributed by atoms with E-state index in [2.05, 4.69) is 13.8 Å². The molecule has 2 atom stereocenters. The number of sulfonamides is 1. The zero-order valence-corrected chi connectivity index (χ0v) is 16.1. The average molecular weight is 353 g/mol. The average Bonchev–Trinajstić information content (AvgIpc) is 2.48. The molecule has 6 heteroatoms. The third kappa shape index (κ3) is 4.16. The van der Waals surface area contributed by atoms with Crippen LogP contribution >= 0.6 is 0 Å². The van der Waals surface area contributed by atoms with Crippen molar-refractivity contribution < 1.29 is 13.2 Å². The van der Waals surface area contributed by atoms with Gasteiger partial charge in [0.25, 0.3) is 0 Å². The summed E-state index contributed by atoms with van der Waals surface area (Å²) in [5.41, 5.74) is 1.97. The standard InChI is InChI=1S/C18H28N2O3S/c1-13-8-14(2)11-20(10-13)18(21)12-19(5)24(22,23)17-7-6-15(3)16(4)9-17/h6-7,9,13-14H,8,10-12H2,1-5H3. The molecule has 0 aliphatic carbocycles. The molecule has 0 radical (unpaired) electrons. The Morgan fingerprint density at radius 1 is 1.17 bits per heavy atom. The van der Waals surface area contributed by atoms with Crippen molar-refractivity contribution in [2.45, 2.75) is 39.0 Å². The van der Waals surface area contributed by atoms with Crippen LogP contribution in [-0.4, -0.2) is 50.2 Å². The predicted octanol–water partition coefficient (Wildman–Crippen LogP) is 2.43. The molecule has 5 nitrogen and oxygen atoms in total. The number of carbonyl (C=O) groups is 1. The summed E-state index contributed by atoms with van der Waals surface area (Å²) in [6, 6.07) is 5.06. The normalized spacial score (nSPS) is 22.0. The SMILES string of the molecule is Cc1ccc(S(=O)(=O)N(C)CC(=O)N2CC(C)CC(C)C2)cc1C. The van der Waals surface area contributed by atoms with Gasteiger partial charge < -0.3 is 4.90 Å². The first-order valence-electron chi connectivity index (χ1n) is 8.42. The summed E-state index contributed by atoms with van der Waals surface area (Å²) in [6.07, 6.45) is 1.11. The van der Waals surface area contributed by atoms with E-state index in [1.54, 1.807) is 23.1 Å². The molecule has 1 aliphatic rings. The lowest BCUT2D eigenvalue weighted by molar-refractivity contribution is -0.133. The second kappa shape index (κ2) is 7.23. The Bertz CT molecular complexity index is 705. The molecule has 1 aliphatic heterocycles. The van der Waals surface area contributed by atoms with Crippen molar-refractivity contribution in [1.82, 2.24) is 9.21 Å². The lowest BCUT2D eigenvalue weighted by atomic mass is 9.92. The number of carbonyl (C=O) groups excluding carboxylic acids is 1. The Kier molecular flexibility index (Phi) is 5.71. The predicted molar refractivity (Wildman–Crippen MR) is 95.3 cm³/mol. The minimum absolute atomic E-state index is 0.116. The number of likely N-dealkylation sites (tertiary alicyclic amines) is 1. The molecule has 0 aromatic heterocycles. The number of likely N-dealkylation sites (N-methyl/N-ethyl adjacent to an activating group) is 1. The Balaban J connectivity index is 2.11. The molecule has 24 heavy (non-hydrogen) atoms. The minimum Gasteiger partial charge on any atom is -0.341 e. The number of hydrogen-bond donors (Lipinski definition) is 0. The molecule has 2 unspecified atom stereocenters. The number of piperidine rings is 1. The highest BCUT2D eigenvalue weighted by Crippen LogP contribution is 2.22. The topological polar surface area (TPSA) is 57.7 Å². The van der Waals surface area contributed by atoms with Gasteiger partial charge in [0.05, 0.1) is 11.4 Å². The summed E-state index contributed by atoms with van der Waals surface area (Å²) in [4.78, 5) is 14.6. The summed E-state index contributed by atoms with van der Waals surface area (Å²) in [5.74, 6) is 0.794. The van der Waals surface area contributed by atoms with Gasteiger partial charge in [0.2, 0.25) is 15.9 Å². The van der Waals surface area contributed by atoms with E-state index in [0.29, 0.717) is 24.9 Å². The summed E-state index contributed by atoms with van der Waals surface area (Å²) >= 11 is 0. The molecule has 0 spiro atoms. The van der Waals surface area contributed by atoms with Crippen molar-refractivity contribution in [2.24, 2.45) is 11.8 Å². The molecule has 2 rings (SSSR count). The van der Waals surface area contributed by atoms with Crippen molar-refractivity contribution in [3.05, 3.63) is 29.3 Å². The fourth-order valence-electron chi connectivity index (χ4n) is 3.30. The van der Waals surface area contributed by atoms with Crippen LogP contribution in [0.15, 0.2) is 23.1 Å². The Morgan fingerprint density at radius 3 is 2.29 bits per heavy atom. The summed E-state index contributed by atoms with van der Waals surface area (Å²) in [6.45, 7) is 9.39. The molecule has 1 aromatic carbocycles. The maximum atomic E-state index is 12.7. The van der Waals surface area contributed by atoms with E-state index in [-0.39, 0.29) is 17.3 Å². The van der Waals surface area contributed by atoms with E-state index >= 15 is 0 Å². The smallest absolute Gasteiger partial charge is 0.243 e. The maximum absolute atomic E-state index is 12.7. The first-order chi connectivity index (χ1) is 11.1. The molecule has 134 valence electrons. The van der Waals surface area contributed by atoms with Gasteiger partial charge in [-0.05, 0) is 55.4 Å². The third-order valence-corrected chi connectivity index (χ3v) is 6.57. The zero-order chi connectivity index (χ0) is 18.1. The van der Waals surface area contributed by atoms with Crippen LogP contribution in [0.3, 0.4) is 0 Å². The molecule has 0 N–H and O–H groups in total. The van der Waals surface area contributed by atoms with Crippen LogP contribution in [0.4, 0.5) is 0 Å². The van der Waals surface area contributed by atoms with Crippen LogP contribution in [0.1, 0.15) is 31.4 Å². The van der Waals surface area contributed by atoms with Gasteiger partial charge in [-0.2, -0.15) is 4.31 Å². The van der Waals surface area contributed by atoms with Crippen LogP contribution in [0.5, 0.6) is 0 Å². The summed E-state index contributed by atoms with van der Waals surface area (Å²) < 4.78 is 26.6. The van der Waals surface area contributed by atoms with Gasteiger partial charge in [-0.1, -0.05) is 19.9 Å². The van der Waals surface area contributed by atoms with E-state index in [4.69, 9.17) is 0 Å². The number of rotatable bonds is 4. The quantitative estimate of drug-likeness (QED) is 0.836. The molecule has 1 saturated heterocycles. The molecule has 0 bridgehead atoms. The number of amides is 1. The second-order valence-corrected chi connectivity index (χ2v) is 9.30. The highest BCUT2D eigenvalue weighted by atomic mass is 32.2. The first-order valence-corrected chi connectivity index (χ1v) is 9.86. The Hall–Kier alpha value is -1.40. The van der Waals surface area contributed by atoms with Crippen molar-refractivity contribution in [2.75, 3.05) is 26.7 Å². The van der Waals surface area contributed by atoms with Gasteiger partial charge in [0, 0.05) is 20.1 Å². The van der Waals surface area contributed by atoms with Crippen molar-refractivity contribution in [3.63, 3.8) is 0 Å². The van der Waals surface area contributed by atoms with E-state index < -0.39 is 10.0 Å². The lowest BCUT2D eigenvalue weighted by Crippen LogP contribution is -2.47. The van der Waals surface area contributed by atoms with Crippen molar-refractivity contribution in [3.8, 4) is 0 Å². The van der Waals surface area contributed by atoms with Gasteiger partial charge in [-0.15, -0.1) is 0 Å². The number of hydrogen-bond acceptors (Lipinski definition) is 3. The monoisotopic (exact) mass is 352 g/mol. The van der Waals surface area contributed by atoms with Gasteiger partial charge in [0.1, 0.15) is 0 Å². The summed E-state index contributed by atoms with van der Waals surface area (Å²) in [7, 11) is -2.18. The van der Waals surface area contributed by atoms with Crippen LogP contribution < -0.4 is 0 Å². The fraction of sp³-hybridized carbons (Fsp3) is 0.611. The summed E-state index contributed by atoms with van der Waals surface area (Å²) in [5, 5.41) is 0. The number of aryl methyl sites for hydroxylation is 2. The maximum Gasteiger partial charge on any atom is 0.243 e. The van der Waals surface area contributed by atoms with Gasteiger partial charge in [-0.25, -0.2) is 8.42 Å². The molecule has 1 amide bonds. The first kappa shape index (κ1) is 18.9. The van der Waals surface area contributed by atoms with Gasteiger partial charge in [-0.3, -0.25) is 4.79 Å². The van der Waals surface area contributed by atoms with Crippen molar-refractivity contribution in [1.29, 1.82) is 0 Å². The number of benzene rings is 1. The van der Waals surface area contributed by atoms with Crippen LogP contribution in [0.2, 0.25) is 0 Å². The van der Waals surface area contributed by atoms with E-state index in [1.165, 1.54) is 7.05 Å². The molecular weight excluding hydrogens is 324 g/mol. The van der Waals surface area contributed by atoms with Gasteiger partial charge >= 0.3 is 0 Å². The molecule has 0 saturated carbocycles. The molecule has 1 heterocycles. The van der Waals surface area contributed by atoms with E-state index in [0.717, 1.165) is 21.9 Å².